The van der Waals surface area contributed by atoms with Crippen LogP contribution in [0.25, 0.3) is 105 Å². The van der Waals surface area contributed by atoms with Gasteiger partial charge >= 0.3 is 0 Å². The predicted molar refractivity (Wildman–Crippen MR) is 207 cm³/mol. The van der Waals surface area contributed by atoms with E-state index in [2.05, 4.69) is 132 Å². The molecule has 0 spiro atoms. The highest BCUT2D eigenvalue weighted by molar-refractivity contribution is 6.20. The average Bonchev–Trinajstić information content (AvgIpc) is 3.72. The van der Waals surface area contributed by atoms with E-state index in [1.807, 2.05) is 36.4 Å². The van der Waals surface area contributed by atoms with E-state index in [0.717, 1.165) is 61.2 Å². The van der Waals surface area contributed by atoms with Gasteiger partial charge in [0.05, 0.1) is 27.8 Å². The Kier molecular flexibility index (Phi) is 5.63. The normalized spacial score (nSPS) is 12.0. The molecule has 0 saturated heterocycles. The molecule has 4 heteroatoms. The highest BCUT2D eigenvalue weighted by Crippen LogP contribution is 2.42. The summed E-state index contributed by atoms with van der Waals surface area (Å²) in [5.41, 5.74) is 10.3. The molecule has 0 aliphatic rings. The number of hydrogen-bond donors (Lipinski definition) is 0. The second-order valence-corrected chi connectivity index (χ2v) is 13.0. The van der Waals surface area contributed by atoms with E-state index in [0.29, 0.717) is 0 Å². The Morgan fingerprint density at radius 2 is 1.12 bits per heavy atom. The Hall–Kier alpha value is -6.78. The Bertz CT molecular complexity index is 3170. The number of hydrogen-bond acceptors (Lipinski definition) is 3. The molecule has 3 heterocycles. The van der Waals surface area contributed by atoms with Gasteiger partial charge in [-0.2, -0.15) is 0 Å². The van der Waals surface area contributed by atoms with Crippen molar-refractivity contribution in [3.63, 3.8) is 0 Å². The summed E-state index contributed by atoms with van der Waals surface area (Å²) in [4.78, 5) is 10.6. The third-order valence-corrected chi connectivity index (χ3v) is 10.1. The van der Waals surface area contributed by atoms with Crippen molar-refractivity contribution in [3.05, 3.63) is 164 Å². The van der Waals surface area contributed by atoms with E-state index in [1.54, 1.807) is 0 Å². The summed E-state index contributed by atoms with van der Waals surface area (Å²) in [5, 5.41) is 9.51. The molecule has 11 aromatic rings. The van der Waals surface area contributed by atoms with Crippen LogP contribution in [0.1, 0.15) is 0 Å². The van der Waals surface area contributed by atoms with E-state index in [9.17, 15) is 0 Å². The predicted octanol–water partition coefficient (Wildman–Crippen LogP) is 12.3. The van der Waals surface area contributed by atoms with Gasteiger partial charge in [-0.25, -0.2) is 9.97 Å². The second kappa shape index (κ2) is 10.4. The molecular formula is C46H27N3O. The van der Waals surface area contributed by atoms with Gasteiger partial charge in [-0.1, -0.05) is 115 Å². The Balaban J connectivity index is 1.22. The van der Waals surface area contributed by atoms with Crippen molar-refractivity contribution in [1.82, 2.24) is 14.5 Å². The van der Waals surface area contributed by atoms with Crippen LogP contribution >= 0.6 is 0 Å². The van der Waals surface area contributed by atoms with E-state index in [-0.39, 0.29) is 0 Å². The molecule has 0 unspecified atom stereocenters. The van der Waals surface area contributed by atoms with E-state index >= 15 is 0 Å². The Labute approximate surface area is 286 Å². The lowest BCUT2D eigenvalue weighted by Crippen LogP contribution is -1.98. The Morgan fingerprint density at radius 1 is 0.440 bits per heavy atom. The summed E-state index contributed by atoms with van der Waals surface area (Å²) in [5.74, 6) is 0. The van der Waals surface area contributed by atoms with E-state index in [1.165, 1.54) is 43.4 Å². The summed E-state index contributed by atoms with van der Waals surface area (Å²) in [6.07, 6.45) is 0. The van der Waals surface area contributed by atoms with Crippen LogP contribution in [0.3, 0.4) is 0 Å². The number of benzene rings is 8. The lowest BCUT2D eigenvalue weighted by Gasteiger charge is -2.14. The lowest BCUT2D eigenvalue weighted by atomic mass is 10.0. The van der Waals surface area contributed by atoms with Gasteiger partial charge < -0.3 is 8.98 Å². The highest BCUT2D eigenvalue weighted by atomic mass is 16.3. The molecular weight excluding hydrogens is 611 g/mol. The average molecular weight is 638 g/mol. The van der Waals surface area contributed by atoms with E-state index < -0.39 is 0 Å². The minimum Gasteiger partial charge on any atom is -0.455 e. The van der Waals surface area contributed by atoms with Crippen LogP contribution in [0.15, 0.2) is 168 Å². The summed E-state index contributed by atoms with van der Waals surface area (Å²) < 4.78 is 8.95. The van der Waals surface area contributed by atoms with Crippen molar-refractivity contribution in [2.45, 2.75) is 0 Å². The molecule has 0 aliphatic heterocycles. The molecule has 0 fully saturated rings. The standard InChI is InChI=1S/C46H27N3O/c1-2-13-30-27-41-38(26-29(30)12-1)35-24-23-28-11-3-4-16-33(28)45(35)49(41)32-15-9-14-31(25-32)43-44(48-40-21-7-6-20-39(40)47-43)37-19-10-18-36-34-17-5-8-22-42(34)50-46(36)37/h1-27H. The molecule has 3 aromatic heterocycles. The van der Waals surface area contributed by atoms with Crippen molar-refractivity contribution in [3.8, 4) is 28.2 Å². The monoisotopic (exact) mass is 637 g/mol. The van der Waals surface area contributed by atoms with Crippen LogP contribution in [-0.2, 0) is 0 Å². The quantitative estimate of drug-likeness (QED) is 0.194. The smallest absolute Gasteiger partial charge is 0.144 e. The molecule has 0 N–H and O–H groups in total. The topological polar surface area (TPSA) is 43.9 Å². The van der Waals surface area contributed by atoms with Gasteiger partial charge in [0.15, 0.2) is 0 Å². The summed E-state index contributed by atoms with van der Waals surface area (Å²) in [6, 6.07) is 57.8. The van der Waals surface area contributed by atoms with Gasteiger partial charge in [0.1, 0.15) is 16.9 Å². The number of aromatic nitrogens is 3. The van der Waals surface area contributed by atoms with E-state index in [4.69, 9.17) is 14.4 Å². The van der Waals surface area contributed by atoms with Gasteiger partial charge in [-0.15, -0.1) is 0 Å². The Morgan fingerprint density at radius 3 is 1.98 bits per heavy atom. The van der Waals surface area contributed by atoms with Crippen molar-refractivity contribution in [1.29, 1.82) is 0 Å². The van der Waals surface area contributed by atoms with Crippen molar-refractivity contribution in [2.75, 3.05) is 0 Å². The molecule has 11 rings (SSSR count). The highest BCUT2D eigenvalue weighted by Gasteiger charge is 2.21. The maximum absolute atomic E-state index is 6.52. The number of rotatable bonds is 3. The number of para-hydroxylation sites is 4. The van der Waals surface area contributed by atoms with Crippen LogP contribution < -0.4 is 0 Å². The maximum atomic E-state index is 6.52. The fourth-order valence-corrected chi connectivity index (χ4v) is 7.85. The molecule has 0 aliphatic carbocycles. The summed E-state index contributed by atoms with van der Waals surface area (Å²) >= 11 is 0. The lowest BCUT2D eigenvalue weighted by molar-refractivity contribution is 0.670. The van der Waals surface area contributed by atoms with Crippen LogP contribution in [0.5, 0.6) is 0 Å². The van der Waals surface area contributed by atoms with Gasteiger partial charge in [0.2, 0.25) is 0 Å². The van der Waals surface area contributed by atoms with Gasteiger partial charge in [0.25, 0.3) is 0 Å². The maximum Gasteiger partial charge on any atom is 0.144 e. The zero-order valence-corrected chi connectivity index (χ0v) is 26.8. The molecule has 50 heavy (non-hydrogen) atoms. The summed E-state index contributed by atoms with van der Waals surface area (Å²) in [7, 11) is 0. The van der Waals surface area contributed by atoms with Crippen molar-refractivity contribution >= 4 is 76.3 Å². The third kappa shape index (κ3) is 3.93. The SMILES string of the molecule is c1cc(-c2nc3ccccc3nc2-c2cccc3c2oc2ccccc23)cc(-n2c3cc4ccccc4cc3c3ccc4ccccc4c32)c1. The molecule has 0 radical (unpaired) electrons. The van der Waals surface area contributed by atoms with Crippen LogP contribution in [-0.4, -0.2) is 14.5 Å². The number of fused-ring (bicyclic) bond motifs is 10. The second-order valence-electron chi connectivity index (χ2n) is 13.0. The largest absolute Gasteiger partial charge is 0.455 e. The first-order valence-corrected chi connectivity index (χ1v) is 16.9. The zero-order chi connectivity index (χ0) is 32.8. The first kappa shape index (κ1) is 27.2. The molecule has 0 bridgehead atoms. The van der Waals surface area contributed by atoms with Crippen LogP contribution in [0.4, 0.5) is 0 Å². The molecule has 0 atom stereocenters. The molecule has 0 amide bonds. The van der Waals surface area contributed by atoms with Gasteiger partial charge in [0, 0.05) is 43.7 Å². The third-order valence-electron chi connectivity index (χ3n) is 10.1. The fourth-order valence-electron chi connectivity index (χ4n) is 7.85. The molecule has 0 saturated carbocycles. The first-order chi connectivity index (χ1) is 24.8. The molecule has 232 valence electrons. The molecule has 4 nitrogen and oxygen atoms in total. The minimum atomic E-state index is 0.796. The summed E-state index contributed by atoms with van der Waals surface area (Å²) in [6.45, 7) is 0. The van der Waals surface area contributed by atoms with Crippen molar-refractivity contribution < 1.29 is 4.42 Å². The first-order valence-electron chi connectivity index (χ1n) is 16.9. The van der Waals surface area contributed by atoms with Gasteiger partial charge in [-0.05, 0) is 64.7 Å². The fraction of sp³-hybridized carbons (Fsp3) is 0. The number of nitrogens with zero attached hydrogens (tertiary/aromatic N) is 3. The molecule has 8 aromatic carbocycles. The van der Waals surface area contributed by atoms with Crippen LogP contribution in [0, 0.1) is 0 Å². The van der Waals surface area contributed by atoms with Gasteiger partial charge in [-0.3, -0.25) is 0 Å². The van der Waals surface area contributed by atoms with Crippen LogP contribution in [0.2, 0.25) is 0 Å². The zero-order valence-electron chi connectivity index (χ0n) is 26.8. The number of furan rings is 1. The van der Waals surface area contributed by atoms with Crippen molar-refractivity contribution in [2.24, 2.45) is 0 Å². The minimum absolute atomic E-state index is 0.796.